The molecule has 0 atom stereocenters. The van der Waals surface area contributed by atoms with Gasteiger partial charge in [0.1, 0.15) is 0 Å². The molecule has 0 bridgehead atoms. The van der Waals surface area contributed by atoms with Gasteiger partial charge in [-0.05, 0) is 42.8 Å². The molecule has 5 rings (SSSR count). The van der Waals surface area contributed by atoms with Gasteiger partial charge in [-0.25, -0.2) is 5.01 Å². The molecular formula is C20H23ClN4. The highest BCUT2D eigenvalue weighted by Gasteiger charge is 2.33. The molecule has 0 aromatic heterocycles. The van der Waals surface area contributed by atoms with Gasteiger partial charge in [-0.1, -0.05) is 29.8 Å². The van der Waals surface area contributed by atoms with Crippen LogP contribution in [0.1, 0.15) is 11.1 Å². The lowest BCUT2D eigenvalue weighted by molar-refractivity contribution is 0.140. The van der Waals surface area contributed by atoms with E-state index in [-0.39, 0.29) is 0 Å². The number of hydrogen-bond acceptors (Lipinski definition) is 4. The second-order valence-electron chi connectivity index (χ2n) is 7.27. The van der Waals surface area contributed by atoms with E-state index in [9.17, 15) is 0 Å². The Morgan fingerprint density at radius 2 is 1.68 bits per heavy atom. The van der Waals surface area contributed by atoms with Crippen LogP contribution in [0, 0.1) is 0 Å². The first-order valence-corrected chi connectivity index (χ1v) is 9.47. The molecule has 1 fully saturated rings. The van der Waals surface area contributed by atoms with Crippen LogP contribution in [0.3, 0.4) is 0 Å². The summed E-state index contributed by atoms with van der Waals surface area (Å²) < 4.78 is 0. The third-order valence-electron chi connectivity index (χ3n) is 5.73. The van der Waals surface area contributed by atoms with E-state index in [1.54, 1.807) is 0 Å². The van der Waals surface area contributed by atoms with Gasteiger partial charge >= 0.3 is 0 Å². The number of fused-ring (bicyclic) bond motifs is 2. The Morgan fingerprint density at radius 1 is 0.880 bits per heavy atom. The lowest BCUT2D eigenvalue weighted by Gasteiger charge is -2.41. The molecule has 5 heteroatoms. The predicted octanol–water partition coefficient (Wildman–Crippen LogP) is 3.52. The molecular weight excluding hydrogens is 332 g/mol. The summed E-state index contributed by atoms with van der Waals surface area (Å²) in [6, 6.07) is 13.1. The van der Waals surface area contributed by atoms with E-state index < -0.39 is 0 Å². The number of nitrogens with zero attached hydrogens (tertiary/aromatic N) is 4. The molecule has 3 aliphatic heterocycles. The summed E-state index contributed by atoms with van der Waals surface area (Å²) >= 11 is 6.40. The zero-order valence-electron chi connectivity index (χ0n) is 14.6. The first kappa shape index (κ1) is 15.5. The number of hydrogen-bond donors (Lipinski definition) is 0. The van der Waals surface area contributed by atoms with Crippen molar-refractivity contribution in [2.45, 2.75) is 13.0 Å². The van der Waals surface area contributed by atoms with Crippen LogP contribution in [0.2, 0.25) is 5.02 Å². The monoisotopic (exact) mass is 354 g/mol. The quantitative estimate of drug-likeness (QED) is 0.776. The summed E-state index contributed by atoms with van der Waals surface area (Å²) in [5.74, 6) is 0. The van der Waals surface area contributed by atoms with Gasteiger partial charge in [0.25, 0.3) is 0 Å². The van der Waals surface area contributed by atoms with E-state index in [1.165, 1.54) is 28.2 Å². The molecule has 0 aliphatic carbocycles. The summed E-state index contributed by atoms with van der Waals surface area (Å²) in [6.45, 7) is 6.27. The average molecular weight is 355 g/mol. The van der Waals surface area contributed by atoms with Crippen LogP contribution >= 0.6 is 11.6 Å². The topological polar surface area (TPSA) is 13.0 Å². The van der Waals surface area contributed by atoms with Crippen LogP contribution < -0.4 is 9.91 Å². The second kappa shape index (κ2) is 5.90. The van der Waals surface area contributed by atoms with Gasteiger partial charge in [-0.15, -0.1) is 0 Å². The van der Waals surface area contributed by atoms with Crippen LogP contribution in [0.15, 0.2) is 36.4 Å². The average Bonchev–Trinajstić information content (AvgIpc) is 2.99. The normalized spacial score (nSPS) is 20.4. The molecule has 0 radical (unpaired) electrons. The fourth-order valence-corrected chi connectivity index (χ4v) is 4.54. The minimum absolute atomic E-state index is 0.809. The summed E-state index contributed by atoms with van der Waals surface area (Å²) in [5, 5.41) is 5.77. The standard InChI is InChI=1S/C20H23ClN4/c1-22-9-11-23(12-10-22)25-14-16-4-2-3-15-7-8-24(20(15)16)18-6-5-17(21)13-19(18)25/h2-6,13H,7-12,14H2,1H3. The van der Waals surface area contributed by atoms with Crippen molar-refractivity contribution in [2.75, 3.05) is 49.7 Å². The maximum atomic E-state index is 6.40. The number of benzene rings is 2. The fourth-order valence-electron chi connectivity index (χ4n) is 4.37. The summed E-state index contributed by atoms with van der Waals surface area (Å²) in [7, 11) is 2.20. The molecule has 0 spiro atoms. The Balaban J connectivity index is 1.64. The molecule has 3 aliphatic rings. The van der Waals surface area contributed by atoms with Gasteiger partial charge < -0.3 is 9.80 Å². The summed E-state index contributed by atoms with van der Waals surface area (Å²) in [4.78, 5) is 4.89. The summed E-state index contributed by atoms with van der Waals surface area (Å²) in [6.07, 6.45) is 1.12. The molecule has 0 N–H and O–H groups in total. The smallest absolute Gasteiger partial charge is 0.0778 e. The maximum absolute atomic E-state index is 6.40. The van der Waals surface area contributed by atoms with Crippen molar-refractivity contribution >= 4 is 28.7 Å². The number of para-hydroxylation sites is 1. The van der Waals surface area contributed by atoms with Gasteiger partial charge in [0, 0.05) is 43.4 Å². The van der Waals surface area contributed by atoms with Crippen molar-refractivity contribution in [3.63, 3.8) is 0 Å². The highest BCUT2D eigenvalue weighted by molar-refractivity contribution is 6.31. The molecule has 0 unspecified atom stereocenters. The molecule has 2 aromatic rings. The maximum Gasteiger partial charge on any atom is 0.0778 e. The number of anilines is 3. The highest BCUT2D eigenvalue weighted by Crippen LogP contribution is 2.46. The van der Waals surface area contributed by atoms with Crippen LogP contribution in [-0.2, 0) is 13.0 Å². The molecule has 130 valence electrons. The molecule has 0 amide bonds. The van der Waals surface area contributed by atoms with Crippen molar-refractivity contribution in [1.29, 1.82) is 0 Å². The molecule has 2 aromatic carbocycles. The molecule has 4 nitrogen and oxygen atoms in total. The summed E-state index contributed by atoms with van der Waals surface area (Å²) in [5.41, 5.74) is 6.83. The number of piperazine rings is 1. The number of halogens is 1. The van der Waals surface area contributed by atoms with E-state index in [1.807, 2.05) is 6.07 Å². The van der Waals surface area contributed by atoms with E-state index >= 15 is 0 Å². The molecule has 25 heavy (non-hydrogen) atoms. The Labute approximate surface area is 154 Å². The third kappa shape index (κ3) is 2.51. The number of likely N-dealkylation sites (N-methyl/N-ethyl adjacent to an activating group) is 1. The van der Waals surface area contributed by atoms with E-state index in [4.69, 9.17) is 11.6 Å². The zero-order chi connectivity index (χ0) is 17.0. The van der Waals surface area contributed by atoms with Gasteiger partial charge in [-0.3, -0.25) is 5.01 Å². The van der Waals surface area contributed by atoms with Gasteiger partial charge in [-0.2, -0.15) is 0 Å². The Morgan fingerprint density at radius 3 is 2.52 bits per heavy atom. The highest BCUT2D eigenvalue weighted by atomic mass is 35.5. The van der Waals surface area contributed by atoms with Crippen molar-refractivity contribution in [2.24, 2.45) is 0 Å². The molecule has 1 saturated heterocycles. The van der Waals surface area contributed by atoms with Crippen LogP contribution in [0.25, 0.3) is 0 Å². The lowest BCUT2D eigenvalue weighted by atomic mass is 10.1. The first-order chi connectivity index (χ1) is 12.2. The Hall–Kier alpha value is -1.75. The van der Waals surface area contributed by atoms with Crippen molar-refractivity contribution in [3.05, 3.63) is 52.5 Å². The minimum Gasteiger partial charge on any atom is -0.339 e. The van der Waals surface area contributed by atoms with Crippen LogP contribution in [0.5, 0.6) is 0 Å². The van der Waals surface area contributed by atoms with E-state index in [0.717, 1.165) is 50.7 Å². The lowest BCUT2D eigenvalue weighted by Crippen LogP contribution is -2.52. The second-order valence-corrected chi connectivity index (χ2v) is 7.71. The van der Waals surface area contributed by atoms with Crippen LogP contribution in [-0.4, -0.2) is 49.7 Å². The van der Waals surface area contributed by atoms with Gasteiger partial charge in [0.15, 0.2) is 0 Å². The predicted molar refractivity (Wildman–Crippen MR) is 104 cm³/mol. The van der Waals surface area contributed by atoms with Crippen molar-refractivity contribution in [1.82, 2.24) is 9.91 Å². The first-order valence-electron chi connectivity index (χ1n) is 9.09. The van der Waals surface area contributed by atoms with Gasteiger partial charge in [0.05, 0.1) is 17.9 Å². The van der Waals surface area contributed by atoms with Crippen molar-refractivity contribution in [3.8, 4) is 0 Å². The van der Waals surface area contributed by atoms with E-state index in [0.29, 0.717) is 0 Å². The minimum atomic E-state index is 0.809. The molecule has 0 saturated carbocycles. The SMILES string of the molecule is CN1CCN(N2Cc3cccc4c3N(CC4)c3ccc(Cl)cc32)CC1. The number of hydrazine groups is 1. The van der Waals surface area contributed by atoms with E-state index in [2.05, 4.69) is 57.2 Å². The van der Waals surface area contributed by atoms with Crippen LogP contribution in [0.4, 0.5) is 17.1 Å². The fraction of sp³-hybridized carbons (Fsp3) is 0.400. The Bertz CT molecular complexity index is 813. The van der Waals surface area contributed by atoms with Gasteiger partial charge in [0.2, 0.25) is 0 Å². The number of rotatable bonds is 1. The third-order valence-corrected chi connectivity index (χ3v) is 5.96. The Kier molecular flexibility index (Phi) is 3.66. The largest absolute Gasteiger partial charge is 0.339 e. The zero-order valence-corrected chi connectivity index (χ0v) is 15.3. The molecule has 3 heterocycles. The van der Waals surface area contributed by atoms with Crippen molar-refractivity contribution < 1.29 is 0 Å².